The Labute approximate surface area is 204 Å². The van der Waals surface area contributed by atoms with Crippen molar-refractivity contribution >= 4 is 41.5 Å². The van der Waals surface area contributed by atoms with Crippen molar-refractivity contribution < 1.29 is 24.3 Å². The summed E-state index contributed by atoms with van der Waals surface area (Å²) in [5, 5.41) is 16.6. The molecule has 0 bridgehead atoms. The van der Waals surface area contributed by atoms with Crippen LogP contribution >= 0.6 is 0 Å². The van der Waals surface area contributed by atoms with E-state index in [-0.39, 0.29) is 37.1 Å². The molecule has 0 radical (unpaired) electrons. The van der Waals surface area contributed by atoms with Crippen molar-refractivity contribution in [2.75, 3.05) is 11.9 Å². The van der Waals surface area contributed by atoms with Gasteiger partial charge in [0.15, 0.2) is 0 Å². The van der Waals surface area contributed by atoms with Crippen LogP contribution in [0.2, 0.25) is 0 Å². The highest BCUT2D eigenvalue weighted by atomic mass is 16.4. The number of carbonyl (C=O) groups excluding carboxylic acids is 4. The first kappa shape index (κ1) is 24.2. The lowest BCUT2D eigenvalue weighted by Gasteiger charge is -2.25. The van der Waals surface area contributed by atoms with Gasteiger partial charge in [-0.3, -0.25) is 14.4 Å². The van der Waals surface area contributed by atoms with Gasteiger partial charge < -0.3 is 25.4 Å². The highest BCUT2D eigenvalue weighted by Crippen LogP contribution is 2.31. The third-order valence-electron chi connectivity index (χ3n) is 6.29. The molecule has 0 spiro atoms. The zero-order valence-electron chi connectivity index (χ0n) is 19.7. The first-order valence-electron chi connectivity index (χ1n) is 11.6. The Morgan fingerprint density at radius 1 is 1.09 bits per heavy atom. The fourth-order valence-electron chi connectivity index (χ4n) is 4.66. The molecule has 8 heteroatoms. The molecule has 0 aliphatic carbocycles. The molecule has 2 N–H and O–H groups in total. The minimum atomic E-state index is -1.21. The van der Waals surface area contributed by atoms with Crippen LogP contribution in [0.25, 0.3) is 12.2 Å². The summed E-state index contributed by atoms with van der Waals surface area (Å²) >= 11 is 0. The molecule has 182 valence electrons. The molecule has 1 saturated heterocycles. The summed E-state index contributed by atoms with van der Waals surface area (Å²) in [4.78, 5) is 51.2. The number of hydrogen-bond donors (Lipinski definition) is 2. The number of nitrogens with zero attached hydrogens (tertiary/aromatic N) is 1. The van der Waals surface area contributed by atoms with E-state index in [9.17, 15) is 24.3 Å². The highest BCUT2D eigenvalue weighted by Gasteiger charge is 2.43. The summed E-state index contributed by atoms with van der Waals surface area (Å²) in [5.74, 6) is -2.09. The summed E-state index contributed by atoms with van der Waals surface area (Å²) in [6, 6.07) is 14.0. The number of benzene rings is 2. The second-order valence-corrected chi connectivity index (χ2v) is 9.90. The van der Waals surface area contributed by atoms with Gasteiger partial charge >= 0.3 is 0 Å². The van der Waals surface area contributed by atoms with Crippen molar-refractivity contribution in [2.24, 2.45) is 5.41 Å². The van der Waals surface area contributed by atoms with Crippen molar-refractivity contribution in [1.29, 1.82) is 0 Å². The van der Waals surface area contributed by atoms with Crippen LogP contribution in [0.1, 0.15) is 54.6 Å². The van der Waals surface area contributed by atoms with Crippen LogP contribution in [-0.2, 0) is 14.4 Å². The van der Waals surface area contributed by atoms with E-state index in [4.69, 9.17) is 0 Å². The number of hydrogen-bond acceptors (Lipinski definition) is 5. The number of carboxylic acids is 1. The highest BCUT2D eigenvalue weighted by molar-refractivity contribution is 6.10. The van der Waals surface area contributed by atoms with Crippen LogP contribution in [0.3, 0.4) is 0 Å². The molecule has 4 rings (SSSR count). The topological polar surface area (TPSA) is 119 Å². The van der Waals surface area contributed by atoms with Gasteiger partial charge in [-0.15, -0.1) is 0 Å². The number of anilines is 1. The van der Waals surface area contributed by atoms with E-state index in [0.29, 0.717) is 17.7 Å². The van der Waals surface area contributed by atoms with Crippen LogP contribution in [0.15, 0.2) is 48.5 Å². The number of amides is 3. The number of fused-ring (bicyclic) bond motifs is 2. The monoisotopic (exact) mass is 474 g/mol. The lowest BCUT2D eigenvalue weighted by Crippen LogP contribution is -2.41. The number of aliphatic carboxylic acids is 1. The Hall–Kier alpha value is -3.94. The summed E-state index contributed by atoms with van der Waals surface area (Å²) in [7, 11) is 0. The van der Waals surface area contributed by atoms with E-state index in [1.54, 1.807) is 26.0 Å². The molecule has 2 unspecified atom stereocenters. The molecule has 1 fully saturated rings. The van der Waals surface area contributed by atoms with E-state index in [2.05, 4.69) is 10.6 Å². The fraction of sp³-hybridized carbons (Fsp3) is 0.333. The van der Waals surface area contributed by atoms with E-state index in [0.717, 1.165) is 11.1 Å². The SMILES string of the molecule is CC(C)(CC(=O)[O-])CC(=O)NC1CC2C(=O)Nc3ccc(C=Cc4ccccc4)cc3C(=O)N2C1. The third kappa shape index (κ3) is 5.77. The van der Waals surface area contributed by atoms with Gasteiger partial charge in [0.25, 0.3) is 5.91 Å². The maximum Gasteiger partial charge on any atom is 0.256 e. The summed E-state index contributed by atoms with van der Waals surface area (Å²) in [5.41, 5.74) is 1.96. The average Bonchev–Trinajstić information content (AvgIpc) is 3.17. The molecule has 35 heavy (non-hydrogen) atoms. The molecular formula is C27H28N3O5-. The standard InChI is InChI=1S/C27H29N3O5/c1-27(2,15-24(32)33)14-23(31)28-19-13-22-25(34)29-21-11-10-18(9-8-17-6-4-3-5-7-17)12-20(21)26(35)30(22)16-19/h3-12,19,22H,13-16H2,1-2H3,(H,28,31)(H,29,34)(H,32,33)/p-1. The predicted molar refractivity (Wildman–Crippen MR) is 130 cm³/mol. The van der Waals surface area contributed by atoms with Gasteiger partial charge in [-0.25, -0.2) is 0 Å². The molecule has 3 amide bonds. The Kier molecular flexibility index (Phi) is 6.73. The molecule has 2 aliphatic heterocycles. The first-order chi connectivity index (χ1) is 16.6. The van der Waals surface area contributed by atoms with Crippen LogP contribution in [0, 0.1) is 5.41 Å². The lowest BCUT2D eigenvalue weighted by molar-refractivity contribution is -0.307. The molecule has 2 aromatic carbocycles. The Morgan fingerprint density at radius 2 is 1.80 bits per heavy atom. The minimum Gasteiger partial charge on any atom is -0.550 e. The van der Waals surface area contributed by atoms with Gasteiger partial charge in [0.1, 0.15) is 6.04 Å². The smallest absolute Gasteiger partial charge is 0.256 e. The Balaban J connectivity index is 1.47. The molecule has 2 heterocycles. The third-order valence-corrected chi connectivity index (χ3v) is 6.29. The van der Waals surface area contributed by atoms with Gasteiger partial charge in [-0.2, -0.15) is 0 Å². The number of nitrogens with one attached hydrogen (secondary N) is 2. The largest absolute Gasteiger partial charge is 0.550 e. The zero-order chi connectivity index (χ0) is 25.2. The number of rotatable bonds is 7. The van der Waals surface area contributed by atoms with Gasteiger partial charge in [0, 0.05) is 25.0 Å². The molecule has 8 nitrogen and oxygen atoms in total. The zero-order valence-corrected chi connectivity index (χ0v) is 19.7. The first-order valence-corrected chi connectivity index (χ1v) is 11.6. The van der Waals surface area contributed by atoms with Crippen molar-refractivity contribution in [1.82, 2.24) is 10.2 Å². The maximum atomic E-state index is 13.4. The summed E-state index contributed by atoms with van der Waals surface area (Å²) < 4.78 is 0. The van der Waals surface area contributed by atoms with E-state index >= 15 is 0 Å². The Bertz CT molecular complexity index is 1190. The second kappa shape index (κ2) is 9.74. The van der Waals surface area contributed by atoms with Gasteiger partial charge in [-0.1, -0.05) is 62.4 Å². The van der Waals surface area contributed by atoms with Crippen LogP contribution < -0.4 is 15.7 Å². The van der Waals surface area contributed by atoms with E-state index < -0.39 is 23.5 Å². The minimum absolute atomic E-state index is 0.00221. The van der Waals surface area contributed by atoms with Gasteiger partial charge in [-0.05, 0) is 41.5 Å². The average molecular weight is 475 g/mol. The van der Waals surface area contributed by atoms with Crippen molar-refractivity contribution in [3.63, 3.8) is 0 Å². The number of carboxylic acid groups (broad SMARTS) is 1. The summed E-state index contributed by atoms with van der Waals surface area (Å²) in [6.45, 7) is 3.57. The normalized spacial score (nSPS) is 19.7. The van der Waals surface area contributed by atoms with Crippen LogP contribution in [-0.4, -0.2) is 47.2 Å². The maximum absolute atomic E-state index is 13.4. The molecule has 0 aromatic heterocycles. The second-order valence-electron chi connectivity index (χ2n) is 9.90. The van der Waals surface area contributed by atoms with Crippen LogP contribution in [0.5, 0.6) is 0 Å². The van der Waals surface area contributed by atoms with E-state index in [1.165, 1.54) is 4.90 Å². The predicted octanol–water partition coefficient (Wildman–Crippen LogP) is 2.06. The van der Waals surface area contributed by atoms with Crippen molar-refractivity contribution in [2.45, 2.75) is 45.2 Å². The Morgan fingerprint density at radius 3 is 2.51 bits per heavy atom. The molecule has 2 atom stereocenters. The number of carbonyl (C=O) groups is 4. The van der Waals surface area contributed by atoms with Crippen molar-refractivity contribution in [3.05, 3.63) is 65.2 Å². The quantitative estimate of drug-likeness (QED) is 0.596. The molecule has 2 aromatic rings. The van der Waals surface area contributed by atoms with E-state index in [1.807, 2.05) is 48.6 Å². The van der Waals surface area contributed by atoms with Crippen molar-refractivity contribution in [3.8, 4) is 0 Å². The van der Waals surface area contributed by atoms with Gasteiger partial charge in [0.05, 0.1) is 11.3 Å². The summed E-state index contributed by atoms with van der Waals surface area (Å²) in [6.07, 6.45) is 3.92. The lowest BCUT2D eigenvalue weighted by atomic mass is 9.85. The fourth-order valence-corrected chi connectivity index (χ4v) is 4.66. The molecule has 0 saturated carbocycles. The van der Waals surface area contributed by atoms with Crippen LogP contribution in [0.4, 0.5) is 5.69 Å². The molecule has 2 aliphatic rings. The molecular weight excluding hydrogens is 446 g/mol. The van der Waals surface area contributed by atoms with Gasteiger partial charge in [0.2, 0.25) is 11.8 Å².